The van der Waals surface area contributed by atoms with Gasteiger partial charge < -0.3 is 4.90 Å². The van der Waals surface area contributed by atoms with Gasteiger partial charge in [-0.2, -0.15) is 0 Å². The zero-order valence-electron chi connectivity index (χ0n) is 13.0. The monoisotopic (exact) mass is 266 g/mol. The van der Waals surface area contributed by atoms with E-state index in [4.69, 9.17) is 0 Å². The maximum absolute atomic E-state index is 12.8. The first kappa shape index (κ1) is 14.8. The fourth-order valence-corrected chi connectivity index (χ4v) is 3.74. The fourth-order valence-electron chi connectivity index (χ4n) is 3.74. The van der Waals surface area contributed by atoms with Crippen LogP contribution >= 0.6 is 0 Å². The number of nitrogens with one attached hydrogen (secondary N) is 1. The first-order chi connectivity index (χ1) is 9.10. The summed E-state index contributed by atoms with van der Waals surface area (Å²) in [6.07, 6.45) is 7.42. The van der Waals surface area contributed by atoms with Crippen molar-refractivity contribution in [3.05, 3.63) is 0 Å². The molecule has 19 heavy (non-hydrogen) atoms. The summed E-state index contributed by atoms with van der Waals surface area (Å²) < 4.78 is 0. The second kappa shape index (κ2) is 6.25. The number of nitrogens with zero attached hydrogens (tertiary/aromatic N) is 1. The standard InChI is InChI=1S/C16H30N2O/c1-5-11(3)15-16(19)18(14(6-2)17-15)13-10-8-7-9-12(13)4/h11-15,17H,5-10H2,1-4H3. The fraction of sp³-hybridized carbons (Fsp3) is 0.938. The third kappa shape index (κ3) is 2.81. The maximum Gasteiger partial charge on any atom is 0.241 e. The van der Waals surface area contributed by atoms with E-state index < -0.39 is 0 Å². The second-order valence-electron chi connectivity index (χ2n) is 6.53. The van der Waals surface area contributed by atoms with Crippen molar-refractivity contribution in [1.29, 1.82) is 0 Å². The van der Waals surface area contributed by atoms with Gasteiger partial charge in [0, 0.05) is 6.04 Å². The highest BCUT2D eigenvalue weighted by Crippen LogP contribution is 2.33. The number of carbonyl (C=O) groups is 1. The SMILES string of the molecule is CCC(C)C1NC(CC)N(C2CCCCC2C)C1=O. The molecule has 1 saturated carbocycles. The van der Waals surface area contributed by atoms with E-state index >= 15 is 0 Å². The van der Waals surface area contributed by atoms with Crippen LogP contribution in [0.4, 0.5) is 0 Å². The lowest BCUT2D eigenvalue weighted by molar-refractivity contribution is -0.135. The number of amides is 1. The van der Waals surface area contributed by atoms with Crippen LogP contribution in [0.5, 0.6) is 0 Å². The van der Waals surface area contributed by atoms with Crippen LogP contribution < -0.4 is 5.32 Å². The van der Waals surface area contributed by atoms with Crippen LogP contribution in [-0.4, -0.2) is 29.1 Å². The average molecular weight is 266 g/mol. The summed E-state index contributed by atoms with van der Waals surface area (Å²) >= 11 is 0. The Labute approximate surface area is 118 Å². The number of hydrogen-bond donors (Lipinski definition) is 1. The van der Waals surface area contributed by atoms with Gasteiger partial charge in [0.1, 0.15) is 0 Å². The molecule has 0 aromatic rings. The first-order valence-corrected chi connectivity index (χ1v) is 8.18. The lowest BCUT2D eigenvalue weighted by atomic mass is 9.84. The molecule has 3 heteroatoms. The lowest BCUT2D eigenvalue weighted by Gasteiger charge is -2.39. The van der Waals surface area contributed by atoms with Crippen molar-refractivity contribution in [2.75, 3.05) is 0 Å². The van der Waals surface area contributed by atoms with E-state index in [1.807, 2.05) is 0 Å². The topological polar surface area (TPSA) is 32.3 Å². The van der Waals surface area contributed by atoms with Gasteiger partial charge in [-0.3, -0.25) is 10.1 Å². The van der Waals surface area contributed by atoms with Crippen molar-refractivity contribution in [2.24, 2.45) is 11.8 Å². The molecule has 110 valence electrons. The highest BCUT2D eigenvalue weighted by molar-refractivity contribution is 5.85. The van der Waals surface area contributed by atoms with Crippen molar-refractivity contribution in [3.63, 3.8) is 0 Å². The van der Waals surface area contributed by atoms with Crippen LogP contribution in [0.2, 0.25) is 0 Å². The van der Waals surface area contributed by atoms with Crippen LogP contribution in [0.25, 0.3) is 0 Å². The molecule has 1 aliphatic heterocycles. The molecule has 0 aromatic carbocycles. The van der Waals surface area contributed by atoms with Crippen LogP contribution in [-0.2, 0) is 4.79 Å². The highest BCUT2D eigenvalue weighted by Gasteiger charge is 2.44. The highest BCUT2D eigenvalue weighted by atomic mass is 16.2. The molecule has 3 nitrogen and oxygen atoms in total. The third-order valence-corrected chi connectivity index (χ3v) is 5.25. The van der Waals surface area contributed by atoms with Crippen molar-refractivity contribution in [1.82, 2.24) is 10.2 Å². The predicted octanol–water partition coefficient (Wildman–Crippen LogP) is 3.15. The van der Waals surface area contributed by atoms with Gasteiger partial charge >= 0.3 is 0 Å². The van der Waals surface area contributed by atoms with Gasteiger partial charge in [-0.15, -0.1) is 0 Å². The summed E-state index contributed by atoms with van der Waals surface area (Å²) in [5, 5.41) is 3.59. The molecule has 0 bridgehead atoms. The Kier molecular flexibility index (Phi) is 4.88. The second-order valence-corrected chi connectivity index (χ2v) is 6.53. The molecule has 1 saturated heterocycles. The maximum atomic E-state index is 12.8. The summed E-state index contributed by atoms with van der Waals surface area (Å²) in [7, 11) is 0. The molecule has 2 rings (SSSR count). The van der Waals surface area contributed by atoms with Gasteiger partial charge in [0.25, 0.3) is 0 Å². The zero-order valence-corrected chi connectivity index (χ0v) is 13.0. The van der Waals surface area contributed by atoms with E-state index in [2.05, 4.69) is 37.9 Å². The van der Waals surface area contributed by atoms with Crippen LogP contribution in [0.1, 0.15) is 66.2 Å². The van der Waals surface area contributed by atoms with Crippen LogP contribution in [0.15, 0.2) is 0 Å². The minimum absolute atomic E-state index is 0.0454. The quantitative estimate of drug-likeness (QED) is 0.848. The minimum Gasteiger partial charge on any atom is -0.323 e. The molecule has 0 aromatic heterocycles. The van der Waals surface area contributed by atoms with E-state index in [0.29, 0.717) is 23.8 Å². The molecule has 5 atom stereocenters. The summed E-state index contributed by atoms with van der Waals surface area (Å²) in [5.41, 5.74) is 0. The Hall–Kier alpha value is -0.570. The molecular weight excluding hydrogens is 236 g/mol. The van der Waals surface area contributed by atoms with E-state index in [-0.39, 0.29) is 12.2 Å². The van der Waals surface area contributed by atoms with Gasteiger partial charge in [0.2, 0.25) is 5.91 Å². The van der Waals surface area contributed by atoms with E-state index in [1.165, 1.54) is 25.7 Å². The summed E-state index contributed by atoms with van der Waals surface area (Å²) in [4.78, 5) is 15.0. The minimum atomic E-state index is 0.0454. The molecule has 0 radical (unpaired) electrons. The van der Waals surface area contributed by atoms with Crippen LogP contribution in [0.3, 0.4) is 0 Å². The zero-order chi connectivity index (χ0) is 14.0. The van der Waals surface area contributed by atoms with E-state index in [0.717, 1.165) is 12.8 Å². The molecular formula is C16H30N2O. The predicted molar refractivity (Wildman–Crippen MR) is 78.7 cm³/mol. The van der Waals surface area contributed by atoms with Crippen molar-refractivity contribution in [2.45, 2.75) is 84.5 Å². The van der Waals surface area contributed by atoms with Gasteiger partial charge in [-0.25, -0.2) is 0 Å². The third-order valence-electron chi connectivity index (χ3n) is 5.25. The van der Waals surface area contributed by atoms with Crippen molar-refractivity contribution < 1.29 is 4.79 Å². The molecule has 5 unspecified atom stereocenters. The Balaban J connectivity index is 2.15. The summed E-state index contributed by atoms with van der Waals surface area (Å²) in [6, 6.07) is 0.511. The Bertz CT molecular complexity index is 318. The van der Waals surface area contributed by atoms with Crippen LogP contribution in [0, 0.1) is 11.8 Å². The number of rotatable bonds is 4. The smallest absolute Gasteiger partial charge is 0.241 e. The Morgan fingerprint density at radius 1 is 1.32 bits per heavy atom. The van der Waals surface area contributed by atoms with Gasteiger partial charge in [-0.05, 0) is 31.1 Å². The molecule has 2 aliphatic rings. The Morgan fingerprint density at radius 2 is 2.00 bits per heavy atom. The van der Waals surface area contributed by atoms with Gasteiger partial charge in [0.15, 0.2) is 0 Å². The molecule has 1 amide bonds. The van der Waals surface area contributed by atoms with Gasteiger partial charge in [-0.1, -0.05) is 47.0 Å². The molecule has 1 N–H and O–H groups in total. The first-order valence-electron chi connectivity index (χ1n) is 8.18. The molecule has 1 heterocycles. The van der Waals surface area contributed by atoms with Gasteiger partial charge in [0.05, 0.1) is 12.2 Å². The summed E-state index contributed by atoms with van der Waals surface area (Å²) in [6.45, 7) is 8.87. The summed E-state index contributed by atoms with van der Waals surface area (Å²) in [5.74, 6) is 1.45. The molecule has 2 fully saturated rings. The molecule has 0 spiro atoms. The normalized spacial score (nSPS) is 37.7. The lowest BCUT2D eigenvalue weighted by Crippen LogP contribution is -2.48. The van der Waals surface area contributed by atoms with Crippen molar-refractivity contribution in [3.8, 4) is 0 Å². The Morgan fingerprint density at radius 3 is 2.58 bits per heavy atom. The van der Waals surface area contributed by atoms with E-state index in [9.17, 15) is 4.79 Å². The number of carbonyl (C=O) groups excluding carboxylic acids is 1. The largest absolute Gasteiger partial charge is 0.323 e. The van der Waals surface area contributed by atoms with Crippen molar-refractivity contribution >= 4 is 5.91 Å². The average Bonchev–Trinajstić information content (AvgIpc) is 2.75. The molecule has 1 aliphatic carbocycles. The number of hydrogen-bond acceptors (Lipinski definition) is 2. The van der Waals surface area contributed by atoms with E-state index in [1.54, 1.807) is 0 Å².